The van der Waals surface area contributed by atoms with Crippen LogP contribution in [0.4, 0.5) is 0 Å². The molecule has 0 aliphatic carbocycles. The van der Waals surface area contributed by atoms with E-state index in [9.17, 15) is 14.4 Å². The van der Waals surface area contributed by atoms with Crippen LogP contribution in [0.5, 0.6) is 5.75 Å². The van der Waals surface area contributed by atoms with Gasteiger partial charge in [0.25, 0.3) is 5.91 Å². The third kappa shape index (κ3) is 5.23. The van der Waals surface area contributed by atoms with Crippen molar-refractivity contribution in [2.24, 2.45) is 0 Å². The Kier molecular flexibility index (Phi) is 6.80. The number of benzene rings is 3. The second-order valence-electron chi connectivity index (χ2n) is 6.70. The number of esters is 1. The van der Waals surface area contributed by atoms with Crippen LogP contribution < -0.4 is 10.1 Å². The van der Waals surface area contributed by atoms with E-state index in [4.69, 9.17) is 9.47 Å². The van der Waals surface area contributed by atoms with Crippen molar-refractivity contribution in [3.63, 3.8) is 0 Å². The van der Waals surface area contributed by atoms with Gasteiger partial charge in [0.15, 0.2) is 6.10 Å². The molecule has 0 saturated heterocycles. The number of amides is 1. The van der Waals surface area contributed by atoms with E-state index in [1.165, 1.54) is 6.92 Å². The monoisotopic (exact) mass is 405 g/mol. The normalized spacial score (nSPS) is 11.5. The number of Topliss-reactive ketones (excluding diaryl/α,β-unsaturated/α-hetero) is 1. The Morgan fingerprint density at radius 2 is 1.57 bits per heavy atom. The summed E-state index contributed by atoms with van der Waals surface area (Å²) in [5.41, 5.74) is 0.860. The van der Waals surface area contributed by atoms with E-state index in [0.717, 1.165) is 10.8 Å². The standard InChI is InChI=1S/C24H23NO5/c1-3-29-21-12-10-18(11-13-21)23(27)16(2)30-22(26)15-25-24(28)20-9-8-17-6-4-5-7-19(17)14-20/h4-14,16H,3,15H2,1-2H3,(H,25,28)/t16-/m1/s1. The maximum atomic E-state index is 12.4. The first-order chi connectivity index (χ1) is 14.5. The Hall–Kier alpha value is -3.67. The number of nitrogens with one attached hydrogen (secondary N) is 1. The fourth-order valence-corrected chi connectivity index (χ4v) is 2.99. The number of carbonyl (C=O) groups is 3. The van der Waals surface area contributed by atoms with E-state index in [2.05, 4.69) is 5.32 Å². The minimum absolute atomic E-state index is 0.327. The van der Waals surface area contributed by atoms with Gasteiger partial charge in [-0.25, -0.2) is 0 Å². The number of hydrogen-bond acceptors (Lipinski definition) is 5. The number of carbonyl (C=O) groups excluding carboxylic acids is 3. The molecule has 0 heterocycles. The third-order valence-corrected chi connectivity index (χ3v) is 4.53. The van der Waals surface area contributed by atoms with Crippen molar-refractivity contribution in [3.8, 4) is 5.75 Å². The van der Waals surface area contributed by atoms with Crippen molar-refractivity contribution < 1.29 is 23.9 Å². The van der Waals surface area contributed by atoms with Gasteiger partial charge in [0, 0.05) is 11.1 Å². The van der Waals surface area contributed by atoms with Crippen LogP contribution in [0.3, 0.4) is 0 Å². The number of hydrogen-bond donors (Lipinski definition) is 1. The summed E-state index contributed by atoms with van der Waals surface area (Å²) in [7, 11) is 0. The second kappa shape index (κ2) is 9.69. The maximum absolute atomic E-state index is 12.4. The lowest BCUT2D eigenvalue weighted by Gasteiger charge is -2.13. The average molecular weight is 405 g/mol. The molecule has 0 aromatic heterocycles. The first-order valence-corrected chi connectivity index (χ1v) is 9.71. The zero-order valence-corrected chi connectivity index (χ0v) is 16.9. The molecular formula is C24H23NO5. The molecule has 0 fully saturated rings. The molecule has 3 aromatic carbocycles. The van der Waals surface area contributed by atoms with E-state index in [-0.39, 0.29) is 18.2 Å². The van der Waals surface area contributed by atoms with Crippen LogP contribution in [-0.4, -0.2) is 36.9 Å². The van der Waals surface area contributed by atoms with Gasteiger partial charge in [0.1, 0.15) is 12.3 Å². The van der Waals surface area contributed by atoms with Gasteiger partial charge >= 0.3 is 5.97 Å². The van der Waals surface area contributed by atoms with E-state index < -0.39 is 12.1 Å². The van der Waals surface area contributed by atoms with Crippen LogP contribution in [0.1, 0.15) is 34.6 Å². The molecule has 30 heavy (non-hydrogen) atoms. The van der Waals surface area contributed by atoms with E-state index in [1.54, 1.807) is 36.4 Å². The van der Waals surface area contributed by atoms with Crippen LogP contribution in [0.15, 0.2) is 66.7 Å². The molecule has 6 heteroatoms. The molecule has 3 aromatic rings. The van der Waals surface area contributed by atoms with Crippen LogP contribution in [-0.2, 0) is 9.53 Å². The van der Waals surface area contributed by atoms with Gasteiger partial charge in [-0.05, 0) is 61.0 Å². The van der Waals surface area contributed by atoms with E-state index >= 15 is 0 Å². The van der Waals surface area contributed by atoms with Gasteiger partial charge < -0.3 is 14.8 Å². The SMILES string of the molecule is CCOc1ccc(C(=O)[C@@H](C)OC(=O)CNC(=O)c2ccc3ccccc3c2)cc1. The van der Waals surface area contributed by atoms with Crippen molar-refractivity contribution in [2.75, 3.05) is 13.2 Å². The van der Waals surface area contributed by atoms with Crippen LogP contribution in [0, 0.1) is 0 Å². The first-order valence-electron chi connectivity index (χ1n) is 9.71. The predicted molar refractivity (Wildman–Crippen MR) is 114 cm³/mol. The summed E-state index contributed by atoms with van der Waals surface area (Å²) in [5.74, 6) is -0.735. The summed E-state index contributed by atoms with van der Waals surface area (Å²) < 4.78 is 10.5. The summed E-state index contributed by atoms with van der Waals surface area (Å²) >= 11 is 0. The van der Waals surface area contributed by atoms with Crippen molar-refractivity contribution in [1.29, 1.82) is 0 Å². The summed E-state index contributed by atoms with van der Waals surface area (Å²) in [5, 5.41) is 4.48. The summed E-state index contributed by atoms with van der Waals surface area (Å²) in [4.78, 5) is 36.8. The topological polar surface area (TPSA) is 81.7 Å². The van der Waals surface area contributed by atoms with Crippen molar-refractivity contribution in [3.05, 3.63) is 77.9 Å². The highest BCUT2D eigenvalue weighted by Gasteiger charge is 2.20. The zero-order valence-electron chi connectivity index (χ0n) is 16.9. The fourth-order valence-electron chi connectivity index (χ4n) is 2.99. The lowest BCUT2D eigenvalue weighted by Crippen LogP contribution is -2.34. The number of ketones is 1. The smallest absolute Gasteiger partial charge is 0.326 e. The summed E-state index contributed by atoms with van der Waals surface area (Å²) in [6.45, 7) is 3.58. The molecule has 0 bridgehead atoms. The number of fused-ring (bicyclic) bond motifs is 1. The zero-order chi connectivity index (χ0) is 21.5. The molecular weight excluding hydrogens is 382 g/mol. The molecule has 0 spiro atoms. The fraction of sp³-hybridized carbons (Fsp3) is 0.208. The Morgan fingerprint density at radius 1 is 0.900 bits per heavy atom. The molecule has 0 saturated carbocycles. The minimum Gasteiger partial charge on any atom is -0.494 e. The van der Waals surface area contributed by atoms with Gasteiger partial charge in [-0.15, -0.1) is 0 Å². The molecule has 0 radical (unpaired) electrons. The highest BCUT2D eigenvalue weighted by Crippen LogP contribution is 2.16. The molecule has 154 valence electrons. The lowest BCUT2D eigenvalue weighted by atomic mass is 10.1. The lowest BCUT2D eigenvalue weighted by molar-refractivity contribution is -0.145. The average Bonchev–Trinajstić information content (AvgIpc) is 2.77. The van der Waals surface area contributed by atoms with Gasteiger partial charge in [-0.2, -0.15) is 0 Å². The molecule has 0 aliphatic heterocycles. The molecule has 6 nitrogen and oxygen atoms in total. The maximum Gasteiger partial charge on any atom is 0.326 e. The second-order valence-corrected chi connectivity index (χ2v) is 6.70. The highest BCUT2D eigenvalue weighted by atomic mass is 16.5. The first kappa shape index (κ1) is 21.0. The van der Waals surface area contributed by atoms with E-state index in [0.29, 0.717) is 23.5 Å². The highest BCUT2D eigenvalue weighted by molar-refractivity contribution is 6.01. The van der Waals surface area contributed by atoms with Crippen LogP contribution >= 0.6 is 0 Å². The van der Waals surface area contributed by atoms with Crippen LogP contribution in [0.25, 0.3) is 10.8 Å². The Labute approximate surface area is 174 Å². The van der Waals surface area contributed by atoms with Gasteiger partial charge in [-0.3, -0.25) is 14.4 Å². The van der Waals surface area contributed by atoms with Crippen molar-refractivity contribution in [2.45, 2.75) is 20.0 Å². The van der Waals surface area contributed by atoms with Crippen LogP contribution in [0.2, 0.25) is 0 Å². The summed E-state index contributed by atoms with van der Waals surface area (Å²) in [6, 6.07) is 19.6. The Morgan fingerprint density at radius 3 is 2.27 bits per heavy atom. The molecule has 1 atom stereocenters. The minimum atomic E-state index is -0.965. The molecule has 1 N–H and O–H groups in total. The Balaban J connectivity index is 1.52. The third-order valence-electron chi connectivity index (χ3n) is 4.53. The number of rotatable bonds is 8. The Bertz CT molecular complexity index is 1060. The van der Waals surface area contributed by atoms with E-state index in [1.807, 2.05) is 37.3 Å². The molecule has 3 rings (SSSR count). The quantitative estimate of drug-likeness (QED) is 0.456. The molecule has 1 amide bonds. The summed E-state index contributed by atoms with van der Waals surface area (Å²) in [6.07, 6.45) is -0.965. The molecule has 0 aliphatic rings. The van der Waals surface area contributed by atoms with Crippen molar-refractivity contribution >= 4 is 28.4 Å². The van der Waals surface area contributed by atoms with Gasteiger partial charge in [-0.1, -0.05) is 30.3 Å². The van der Waals surface area contributed by atoms with Gasteiger partial charge in [0.05, 0.1) is 6.61 Å². The molecule has 0 unspecified atom stereocenters. The van der Waals surface area contributed by atoms with Gasteiger partial charge in [0.2, 0.25) is 5.78 Å². The predicted octanol–water partition coefficient (Wildman–Crippen LogP) is 3.78. The largest absolute Gasteiger partial charge is 0.494 e. The number of ether oxygens (including phenoxy) is 2. The van der Waals surface area contributed by atoms with Crippen molar-refractivity contribution in [1.82, 2.24) is 5.32 Å².